The van der Waals surface area contributed by atoms with Gasteiger partial charge in [0.1, 0.15) is 12.2 Å². The number of benzene rings is 1. The zero-order valence-corrected chi connectivity index (χ0v) is 10.7. The number of nitrogens with zero attached hydrogens (tertiary/aromatic N) is 2. The average molecular weight is 262 g/mol. The van der Waals surface area contributed by atoms with Gasteiger partial charge < -0.3 is 14.3 Å². The molecule has 0 aliphatic heterocycles. The number of ether oxygens (including phenoxy) is 1. The predicted molar refractivity (Wildman–Crippen MR) is 65.9 cm³/mol. The maximum atomic E-state index is 10.5. The van der Waals surface area contributed by atoms with E-state index >= 15 is 0 Å². The molecule has 0 atom stereocenters. The van der Waals surface area contributed by atoms with Crippen LogP contribution in [-0.2, 0) is 17.8 Å². The van der Waals surface area contributed by atoms with Gasteiger partial charge in [0.15, 0.2) is 6.61 Å². The highest BCUT2D eigenvalue weighted by Gasteiger charge is 2.11. The molecule has 100 valence electrons. The first-order valence-electron chi connectivity index (χ1n) is 5.78. The van der Waals surface area contributed by atoms with Gasteiger partial charge in [-0.25, -0.2) is 0 Å². The SMILES string of the molecule is Cc1cccc(OCc2nnc(CC(=O)O)o2)c1C. The number of aromatic nitrogens is 2. The van der Waals surface area contributed by atoms with Crippen LogP contribution in [0.1, 0.15) is 22.9 Å². The summed E-state index contributed by atoms with van der Waals surface area (Å²) in [7, 11) is 0. The Morgan fingerprint density at radius 2 is 2.05 bits per heavy atom. The minimum absolute atomic E-state index is 0.0760. The van der Waals surface area contributed by atoms with E-state index in [9.17, 15) is 4.79 Å². The molecule has 0 aliphatic carbocycles. The van der Waals surface area contributed by atoms with E-state index in [4.69, 9.17) is 14.3 Å². The molecule has 0 saturated carbocycles. The lowest BCUT2D eigenvalue weighted by Gasteiger charge is -2.08. The second kappa shape index (κ2) is 5.51. The van der Waals surface area contributed by atoms with Crippen molar-refractivity contribution in [1.29, 1.82) is 0 Å². The number of aliphatic carboxylic acids is 1. The van der Waals surface area contributed by atoms with Crippen LogP contribution in [-0.4, -0.2) is 21.3 Å². The van der Waals surface area contributed by atoms with Crippen molar-refractivity contribution in [2.75, 3.05) is 0 Å². The minimum Gasteiger partial charge on any atom is -0.484 e. The second-order valence-electron chi connectivity index (χ2n) is 4.15. The van der Waals surface area contributed by atoms with Crippen molar-refractivity contribution in [2.24, 2.45) is 0 Å². The van der Waals surface area contributed by atoms with Crippen LogP contribution in [0.25, 0.3) is 0 Å². The van der Waals surface area contributed by atoms with Gasteiger partial charge in [-0.05, 0) is 31.0 Å². The first kappa shape index (κ1) is 13.1. The monoisotopic (exact) mass is 262 g/mol. The molecular formula is C13H14N2O4. The van der Waals surface area contributed by atoms with Crippen LogP contribution in [0, 0.1) is 13.8 Å². The molecule has 0 spiro atoms. The van der Waals surface area contributed by atoms with E-state index in [1.54, 1.807) is 0 Å². The summed E-state index contributed by atoms with van der Waals surface area (Å²) in [5, 5.41) is 16.0. The lowest BCUT2D eigenvalue weighted by Crippen LogP contribution is -2.00. The van der Waals surface area contributed by atoms with Crippen LogP contribution in [0.15, 0.2) is 22.6 Å². The second-order valence-corrected chi connectivity index (χ2v) is 4.15. The van der Waals surface area contributed by atoms with Crippen LogP contribution in [0.3, 0.4) is 0 Å². The summed E-state index contributed by atoms with van der Waals surface area (Å²) in [6.45, 7) is 4.09. The molecule has 0 aliphatic rings. The van der Waals surface area contributed by atoms with Crippen molar-refractivity contribution in [2.45, 2.75) is 26.9 Å². The molecule has 1 aromatic heterocycles. The van der Waals surface area contributed by atoms with Crippen molar-refractivity contribution in [3.63, 3.8) is 0 Å². The lowest BCUT2D eigenvalue weighted by molar-refractivity contribution is -0.136. The highest BCUT2D eigenvalue weighted by atomic mass is 16.5. The van der Waals surface area contributed by atoms with Crippen molar-refractivity contribution >= 4 is 5.97 Å². The Hall–Kier alpha value is -2.37. The third-order valence-electron chi connectivity index (χ3n) is 2.72. The van der Waals surface area contributed by atoms with Gasteiger partial charge in [-0.1, -0.05) is 12.1 Å². The number of hydrogen-bond acceptors (Lipinski definition) is 5. The fourth-order valence-corrected chi connectivity index (χ4v) is 1.57. The van der Waals surface area contributed by atoms with Gasteiger partial charge in [0.25, 0.3) is 5.89 Å². The van der Waals surface area contributed by atoms with Gasteiger partial charge in [-0.15, -0.1) is 10.2 Å². The van der Waals surface area contributed by atoms with E-state index in [0.29, 0.717) is 0 Å². The molecular weight excluding hydrogens is 248 g/mol. The maximum absolute atomic E-state index is 10.5. The Balaban J connectivity index is 2.00. The van der Waals surface area contributed by atoms with Gasteiger partial charge in [-0.3, -0.25) is 4.79 Å². The molecule has 1 N–H and O–H groups in total. The van der Waals surface area contributed by atoms with Crippen LogP contribution in [0.5, 0.6) is 5.75 Å². The van der Waals surface area contributed by atoms with Gasteiger partial charge in [-0.2, -0.15) is 0 Å². The van der Waals surface area contributed by atoms with Crippen molar-refractivity contribution in [3.8, 4) is 5.75 Å². The van der Waals surface area contributed by atoms with Crippen LogP contribution in [0.2, 0.25) is 0 Å². The predicted octanol–water partition coefficient (Wildman–Crippen LogP) is 1.89. The first-order valence-corrected chi connectivity index (χ1v) is 5.78. The van der Waals surface area contributed by atoms with E-state index in [0.717, 1.165) is 16.9 Å². The van der Waals surface area contributed by atoms with E-state index < -0.39 is 5.97 Å². The van der Waals surface area contributed by atoms with Gasteiger partial charge in [0.2, 0.25) is 5.89 Å². The molecule has 2 aromatic rings. The summed E-state index contributed by atoms with van der Waals surface area (Å²) >= 11 is 0. The third kappa shape index (κ3) is 3.31. The molecule has 1 aromatic carbocycles. The number of carboxylic acids is 1. The van der Waals surface area contributed by atoms with Crippen LogP contribution < -0.4 is 4.74 Å². The van der Waals surface area contributed by atoms with Crippen molar-refractivity contribution in [1.82, 2.24) is 10.2 Å². The number of hydrogen-bond donors (Lipinski definition) is 1. The summed E-state index contributed by atoms with van der Waals surface area (Å²) in [4.78, 5) is 10.5. The minimum atomic E-state index is -1.01. The molecule has 0 saturated heterocycles. The van der Waals surface area contributed by atoms with Gasteiger partial charge >= 0.3 is 5.97 Å². The first-order chi connectivity index (χ1) is 9.06. The molecule has 19 heavy (non-hydrogen) atoms. The summed E-state index contributed by atoms with van der Waals surface area (Å²) in [6.07, 6.45) is -0.281. The molecule has 0 amide bonds. The van der Waals surface area contributed by atoms with Crippen molar-refractivity contribution in [3.05, 3.63) is 41.1 Å². The van der Waals surface area contributed by atoms with Crippen LogP contribution >= 0.6 is 0 Å². The smallest absolute Gasteiger partial charge is 0.312 e. The molecule has 0 fully saturated rings. The number of rotatable bonds is 5. The number of carbonyl (C=O) groups is 1. The Labute approximate surface area is 110 Å². The molecule has 0 unspecified atom stereocenters. The van der Waals surface area contributed by atoms with E-state index in [1.807, 2.05) is 32.0 Å². The van der Waals surface area contributed by atoms with Crippen LogP contribution in [0.4, 0.5) is 0 Å². The summed E-state index contributed by atoms with van der Waals surface area (Å²) in [5.41, 5.74) is 2.18. The normalized spacial score (nSPS) is 10.4. The largest absolute Gasteiger partial charge is 0.484 e. The van der Waals surface area contributed by atoms with E-state index in [2.05, 4.69) is 10.2 Å². The zero-order valence-electron chi connectivity index (χ0n) is 10.7. The average Bonchev–Trinajstić information content (AvgIpc) is 2.78. The number of aryl methyl sites for hydroxylation is 1. The Bertz CT molecular complexity index is 592. The highest BCUT2D eigenvalue weighted by Crippen LogP contribution is 2.21. The number of carboxylic acid groups (broad SMARTS) is 1. The highest BCUT2D eigenvalue weighted by molar-refractivity contribution is 5.68. The summed E-state index contributed by atoms with van der Waals surface area (Å²) in [5.74, 6) is 0.0767. The standard InChI is InChI=1S/C13H14N2O4/c1-8-4-3-5-10(9(8)2)18-7-12-15-14-11(19-12)6-13(16)17/h3-5H,6-7H2,1-2H3,(H,16,17). The Kier molecular flexibility index (Phi) is 3.79. The molecule has 6 heteroatoms. The molecule has 6 nitrogen and oxygen atoms in total. The van der Waals surface area contributed by atoms with Gasteiger partial charge in [0.05, 0.1) is 0 Å². The lowest BCUT2D eigenvalue weighted by atomic mass is 10.1. The van der Waals surface area contributed by atoms with E-state index in [1.165, 1.54) is 0 Å². The summed E-state index contributed by atoms with van der Waals surface area (Å²) < 4.78 is 10.7. The fourth-order valence-electron chi connectivity index (χ4n) is 1.57. The summed E-state index contributed by atoms with van der Waals surface area (Å²) in [6, 6.07) is 5.76. The molecule has 2 rings (SSSR count). The zero-order chi connectivity index (χ0) is 13.8. The molecule has 0 radical (unpaired) electrons. The molecule has 1 heterocycles. The van der Waals surface area contributed by atoms with Crippen molar-refractivity contribution < 1.29 is 19.1 Å². The Morgan fingerprint density at radius 3 is 2.79 bits per heavy atom. The maximum Gasteiger partial charge on any atom is 0.312 e. The van der Waals surface area contributed by atoms with E-state index in [-0.39, 0.29) is 24.8 Å². The Morgan fingerprint density at radius 1 is 1.32 bits per heavy atom. The topological polar surface area (TPSA) is 85.5 Å². The third-order valence-corrected chi connectivity index (χ3v) is 2.72. The fraction of sp³-hybridized carbons (Fsp3) is 0.308. The quantitative estimate of drug-likeness (QED) is 0.885. The van der Waals surface area contributed by atoms with Gasteiger partial charge in [0, 0.05) is 0 Å². The molecule has 0 bridgehead atoms.